The van der Waals surface area contributed by atoms with Crippen molar-refractivity contribution in [1.29, 1.82) is 0 Å². The van der Waals surface area contributed by atoms with Crippen LogP contribution in [0.1, 0.15) is 38.5 Å². The van der Waals surface area contributed by atoms with Gasteiger partial charge in [0.2, 0.25) is 16.9 Å². The van der Waals surface area contributed by atoms with Crippen molar-refractivity contribution in [2.75, 3.05) is 34.4 Å². The molecular formula is C20H25N5O2S2. The number of carbonyl (C=O) groups is 2. The number of nitrogens with one attached hydrogen (secondary N) is 2. The molecule has 9 heteroatoms. The number of thioether (sulfide) groups is 1. The number of amides is 2. The summed E-state index contributed by atoms with van der Waals surface area (Å²) >= 11 is 2.63. The molecule has 2 heterocycles. The Labute approximate surface area is 178 Å². The minimum absolute atomic E-state index is 0.0229. The molecular weight excluding hydrogens is 406 g/mol. The SMILES string of the molecule is O=C(CSc1nnc(NC(=O)C2CCC2)s1)Nc1ccc(N2CCCCC2)cc1. The highest BCUT2D eigenvalue weighted by molar-refractivity contribution is 8.01. The van der Waals surface area contributed by atoms with E-state index in [1.807, 2.05) is 12.1 Å². The van der Waals surface area contributed by atoms with Crippen LogP contribution in [0.3, 0.4) is 0 Å². The standard InChI is InChI=1S/C20H25N5O2S2/c26-17(21-15-7-9-16(10-8-15)25-11-2-1-3-12-25)13-28-20-24-23-19(29-20)22-18(27)14-5-4-6-14/h7-10,14H,1-6,11-13H2,(H,21,26)(H,22,23,27). The van der Waals surface area contributed by atoms with Crippen LogP contribution in [0.25, 0.3) is 0 Å². The lowest BCUT2D eigenvalue weighted by atomic mass is 9.85. The lowest BCUT2D eigenvalue weighted by Crippen LogP contribution is -2.29. The van der Waals surface area contributed by atoms with Crippen LogP contribution in [0.5, 0.6) is 0 Å². The van der Waals surface area contributed by atoms with Crippen LogP contribution in [-0.2, 0) is 9.59 Å². The largest absolute Gasteiger partial charge is 0.372 e. The molecule has 29 heavy (non-hydrogen) atoms. The van der Waals surface area contributed by atoms with Crippen molar-refractivity contribution in [3.63, 3.8) is 0 Å². The van der Waals surface area contributed by atoms with Crippen molar-refractivity contribution in [1.82, 2.24) is 10.2 Å². The summed E-state index contributed by atoms with van der Waals surface area (Å²) in [5, 5.41) is 14.3. The van der Waals surface area contributed by atoms with Gasteiger partial charge in [0.1, 0.15) is 0 Å². The molecule has 0 unspecified atom stereocenters. The maximum absolute atomic E-state index is 12.2. The number of aromatic nitrogens is 2. The molecule has 154 valence electrons. The molecule has 0 spiro atoms. The molecule has 2 N–H and O–H groups in total. The van der Waals surface area contributed by atoms with E-state index in [4.69, 9.17) is 0 Å². The first-order valence-corrected chi connectivity index (χ1v) is 11.9. The average Bonchev–Trinajstić information content (AvgIpc) is 3.13. The number of hydrogen-bond acceptors (Lipinski definition) is 7. The molecule has 1 aliphatic heterocycles. The van der Waals surface area contributed by atoms with Gasteiger partial charge in [-0.15, -0.1) is 10.2 Å². The zero-order valence-electron chi connectivity index (χ0n) is 16.2. The quantitative estimate of drug-likeness (QED) is 0.509. The van der Waals surface area contributed by atoms with Gasteiger partial charge in [-0.3, -0.25) is 9.59 Å². The van der Waals surface area contributed by atoms with Crippen molar-refractivity contribution in [2.24, 2.45) is 5.92 Å². The summed E-state index contributed by atoms with van der Waals surface area (Å²) in [6.45, 7) is 2.21. The van der Waals surface area contributed by atoms with Crippen LogP contribution in [0.4, 0.5) is 16.5 Å². The summed E-state index contributed by atoms with van der Waals surface area (Å²) < 4.78 is 0.671. The molecule has 2 fully saturated rings. The Morgan fingerprint density at radius 1 is 1.03 bits per heavy atom. The lowest BCUT2D eigenvalue weighted by Gasteiger charge is -2.28. The molecule has 1 saturated heterocycles. The predicted octanol–water partition coefficient (Wildman–Crippen LogP) is 4.00. The van der Waals surface area contributed by atoms with Crippen LogP contribution in [-0.4, -0.2) is 40.9 Å². The van der Waals surface area contributed by atoms with Crippen molar-refractivity contribution in [3.8, 4) is 0 Å². The molecule has 7 nitrogen and oxygen atoms in total. The van der Waals surface area contributed by atoms with E-state index in [1.54, 1.807) is 0 Å². The number of rotatable bonds is 7. The molecule has 1 aromatic heterocycles. The molecule has 2 amide bonds. The van der Waals surface area contributed by atoms with Gasteiger partial charge in [-0.25, -0.2) is 0 Å². The second-order valence-electron chi connectivity index (χ2n) is 7.42. The number of carbonyl (C=O) groups excluding carboxylic acids is 2. The molecule has 0 atom stereocenters. The molecule has 1 saturated carbocycles. The first-order valence-electron chi connectivity index (χ1n) is 10.1. The van der Waals surface area contributed by atoms with E-state index in [0.29, 0.717) is 9.47 Å². The zero-order valence-corrected chi connectivity index (χ0v) is 17.9. The number of hydrogen-bond donors (Lipinski definition) is 2. The highest BCUT2D eigenvalue weighted by atomic mass is 32.2. The zero-order chi connectivity index (χ0) is 20.1. The fourth-order valence-corrected chi connectivity index (χ4v) is 4.98. The first kappa shape index (κ1) is 20.2. The maximum Gasteiger partial charge on any atom is 0.234 e. The molecule has 2 aromatic rings. The number of nitrogens with zero attached hydrogens (tertiary/aromatic N) is 3. The van der Waals surface area contributed by atoms with Crippen molar-refractivity contribution >= 4 is 51.4 Å². The highest BCUT2D eigenvalue weighted by Crippen LogP contribution is 2.30. The lowest BCUT2D eigenvalue weighted by molar-refractivity contribution is -0.122. The minimum Gasteiger partial charge on any atom is -0.372 e. The molecule has 2 aliphatic rings. The molecule has 4 rings (SSSR count). The molecule has 1 aliphatic carbocycles. The summed E-state index contributed by atoms with van der Waals surface area (Å²) in [4.78, 5) is 26.6. The van der Waals surface area contributed by atoms with Crippen molar-refractivity contribution < 1.29 is 9.59 Å². The van der Waals surface area contributed by atoms with E-state index in [1.165, 1.54) is 48.0 Å². The third kappa shape index (κ3) is 5.48. The number of piperidine rings is 1. The topological polar surface area (TPSA) is 87.2 Å². The number of anilines is 3. The van der Waals surface area contributed by atoms with Gasteiger partial charge in [0.25, 0.3) is 0 Å². The van der Waals surface area contributed by atoms with Gasteiger partial charge in [0.15, 0.2) is 4.34 Å². The maximum atomic E-state index is 12.2. The minimum atomic E-state index is -0.0871. The Morgan fingerprint density at radius 2 is 1.79 bits per heavy atom. The van der Waals surface area contributed by atoms with E-state index < -0.39 is 0 Å². The van der Waals surface area contributed by atoms with Gasteiger partial charge in [0.05, 0.1) is 5.75 Å². The smallest absolute Gasteiger partial charge is 0.234 e. The van der Waals surface area contributed by atoms with Gasteiger partial charge < -0.3 is 15.5 Å². The Bertz CT molecular complexity index is 845. The van der Waals surface area contributed by atoms with Crippen molar-refractivity contribution in [3.05, 3.63) is 24.3 Å². The van der Waals surface area contributed by atoms with Gasteiger partial charge in [-0.1, -0.05) is 29.5 Å². The number of benzene rings is 1. The monoisotopic (exact) mass is 431 g/mol. The Kier molecular flexibility index (Phi) is 6.66. The van der Waals surface area contributed by atoms with Crippen LogP contribution < -0.4 is 15.5 Å². The van der Waals surface area contributed by atoms with Crippen LogP contribution in [0, 0.1) is 5.92 Å². The summed E-state index contributed by atoms with van der Waals surface area (Å²) in [6.07, 6.45) is 6.81. The molecule has 0 bridgehead atoms. The van der Waals surface area contributed by atoms with E-state index >= 15 is 0 Å². The van der Waals surface area contributed by atoms with E-state index in [2.05, 4.69) is 37.9 Å². The van der Waals surface area contributed by atoms with Gasteiger partial charge in [-0.2, -0.15) is 0 Å². The van der Waals surface area contributed by atoms with Crippen LogP contribution in [0.15, 0.2) is 28.6 Å². The van der Waals surface area contributed by atoms with E-state index in [9.17, 15) is 9.59 Å². The normalized spacial score (nSPS) is 16.9. The van der Waals surface area contributed by atoms with Crippen LogP contribution >= 0.6 is 23.1 Å². The van der Waals surface area contributed by atoms with Gasteiger partial charge in [0, 0.05) is 30.4 Å². The Hall–Kier alpha value is -2.13. The third-order valence-corrected chi connectivity index (χ3v) is 7.28. The van der Waals surface area contributed by atoms with Crippen LogP contribution in [0.2, 0.25) is 0 Å². The second-order valence-corrected chi connectivity index (χ2v) is 9.62. The Morgan fingerprint density at radius 3 is 2.48 bits per heavy atom. The highest BCUT2D eigenvalue weighted by Gasteiger charge is 2.26. The fourth-order valence-electron chi connectivity index (χ4n) is 3.43. The Balaban J connectivity index is 1.22. The summed E-state index contributed by atoms with van der Waals surface area (Å²) in [7, 11) is 0. The van der Waals surface area contributed by atoms with Gasteiger partial charge >= 0.3 is 0 Å². The van der Waals surface area contributed by atoms with E-state index in [0.717, 1.165) is 38.0 Å². The second kappa shape index (κ2) is 9.58. The fraction of sp³-hybridized carbons (Fsp3) is 0.500. The first-order chi connectivity index (χ1) is 14.2. The summed E-state index contributed by atoms with van der Waals surface area (Å²) in [5.74, 6) is 0.298. The summed E-state index contributed by atoms with van der Waals surface area (Å²) in [6, 6.07) is 8.03. The van der Waals surface area contributed by atoms with Crippen molar-refractivity contribution in [2.45, 2.75) is 42.9 Å². The van der Waals surface area contributed by atoms with Gasteiger partial charge in [-0.05, 0) is 56.4 Å². The molecule has 0 radical (unpaired) electrons. The summed E-state index contributed by atoms with van der Waals surface area (Å²) in [5.41, 5.74) is 2.00. The van der Waals surface area contributed by atoms with E-state index in [-0.39, 0.29) is 23.5 Å². The predicted molar refractivity (Wildman–Crippen MR) is 118 cm³/mol. The average molecular weight is 432 g/mol. The molecule has 1 aromatic carbocycles. The third-order valence-electron chi connectivity index (χ3n) is 5.31.